The van der Waals surface area contributed by atoms with E-state index in [1.54, 1.807) is 0 Å². The molecular formula is C20H33NO5. The van der Waals surface area contributed by atoms with Crippen molar-refractivity contribution in [2.75, 3.05) is 13.7 Å². The minimum absolute atomic E-state index is 0.0728. The summed E-state index contributed by atoms with van der Waals surface area (Å²) in [5, 5.41) is 24.6. The number of esters is 1. The largest absolute Gasteiger partial charge is 0.469 e. The minimum Gasteiger partial charge on any atom is -0.469 e. The van der Waals surface area contributed by atoms with Gasteiger partial charge in [0.2, 0.25) is 0 Å². The van der Waals surface area contributed by atoms with Crippen LogP contribution in [0.15, 0.2) is 17.3 Å². The van der Waals surface area contributed by atoms with Crippen LogP contribution >= 0.6 is 0 Å². The van der Waals surface area contributed by atoms with Crippen LogP contribution in [0.5, 0.6) is 0 Å². The number of unbranched alkanes of at least 4 members (excludes halogenated alkanes) is 2. The first-order chi connectivity index (χ1) is 12.5. The molecule has 2 aliphatic rings. The second kappa shape index (κ2) is 10.7. The molecule has 0 aromatic heterocycles. The second-order valence-electron chi connectivity index (χ2n) is 7.48. The number of hydrogen-bond donors (Lipinski definition) is 2. The number of aliphatic hydroxyl groups is 2. The van der Waals surface area contributed by atoms with Crippen LogP contribution in [0.4, 0.5) is 0 Å². The van der Waals surface area contributed by atoms with Gasteiger partial charge in [-0.2, -0.15) is 0 Å². The average molecular weight is 367 g/mol. The van der Waals surface area contributed by atoms with E-state index in [1.807, 2.05) is 12.2 Å². The Kier molecular flexibility index (Phi) is 8.59. The Labute approximate surface area is 156 Å². The molecule has 2 saturated carbocycles. The van der Waals surface area contributed by atoms with Crippen LogP contribution in [0.1, 0.15) is 58.3 Å². The van der Waals surface area contributed by atoms with Crippen LogP contribution in [0.25, 0.3) is 0 Å². The number of carbonyl (C=O) groups excluding carboxylic acids is 1. The molecule has 26 heavy (non-hydrogen) atoms. The lowest BCUT2D eigenvalue weighted by molar-refractivity contribution is -0.141. The van der Waals surface area contributed by atoms with E-state index in [4.69, 9.17) is 4.84 Å². The predicted octanol–water partition coefficient (Wildman–Crippen LogP) is 2.83. The van der Waals surface area contributed by atoms with Crippen molar-refractivity contribution >= 4 is 11.7 Å². The maximum Gasteiger partial charge on any atom is 0.309 e. The highest BCUT2D eigenvalue weighted by molar-refractivity contribution is 5.86. The first kappa shape index (κ1) is 20.9. The van der Waals surface area contributed by atoms with Crippen molar-refractivity contribution in [1.29, 1.82) is 0 Å². The fourth-order valence-electron chi connectivity index (χ4n) is 4.11. The Morgan fingerprint density at radius 3 is 2.92 bits per heavy atom. The van der Waals surface area contributed by atoms with Crippen LogP contribution in [-0.4, -0.2) is 47.8 Å². The van der Waals surface area contributed by atoms with Crippen LogP contribution in [0, 0.1) is 17.8 Å². The summed E-state index contributed by atoms with van der Waals surface area (Å²) in [7, 11) is 1.35. The second-order valence-corrected chi connectivity index (χ2v) is 7.48. The average Bonchev–Trinajstić information content (AvgIpc) is 3.13. The van der Waals surface area contributed by atoms with Crippen LogP contribution in [0.3, 0.4) is 0 Å². The number of nitrogens with zero attached hydrogens (tertiary/aromatic N) is 1. The summed E-state index contributed by atoms with van der Waals surface area (Å²) in [5.41, 5.74) is 0.999. The topological polar surface area (TPSA) is 88.4 Å². The zero-order chi connectivity index (χ0) is 18.9. The molecule has 0 spiro atoms. The van der Waals surface area contributed by atoms with Gasteiger partial charge in [-0.3, -0.25) is 4.79 Å². The first-order valence-electron chi connectivity index (χ1n) is 9.84. The maximum absolute atomic E-state index is 11.0. The smallest absolute Gasteiger partial charge is 0.309 e. The molecule has 2 N–H and O–H groups in total. The number of rotatable bonds is 10. The minimum atomic E-state index is -0.427. The Morgan fingerprint density at radius 2 is 2.19 bits per heavy atom. The van der Waals surface area contributed by atoms with Gasteiger partial charge in [-0.1, -0.05) is 43.5 Å². The summed E-state index contributed by atoms with van der Waals surface area (Å²) in [5.74, 6) is 0.537. The molecule has 5 atom stereocenters. The van der Waals surface area contributed by atoms with Crippen molar-refractivity contribution in [3.8, 4) is 0 Å². The number of methoxy groups -OCH3 is 1. The van der Waals surface area contributed by atoms with Crippen molar-refractivity contribution in [3.05, 3.63) is 12.2 Å². The molecule has 1 unspecified atom stereocenters. The molecule has 148 valence electrons. The van der Waals surface area contributed by atoms with E-state index in [1.165, 1.54) is 7.11 Å². The van der Waals surface area contributed by atoms with E-state index in [-0.39, 0.29) is 31.0 Å². The van der Waals surface area contributed by atoms with Gasteiger partial charge >= 0.3 is 5.97 Å². The van der Waals surface area contributed by atoms with Crippen molar-refractivity contribution < 1.29 is 24.6 Å². The lowest BCUT2D eigenvalue weighted by Crippen LogP contribution is -2.18. The van der Waals surface area contributed by atoms with E-state index >= 15 is 0 Å². The fraction of sp³-hybridized carbons (Fsp3) is 0.800. The normalized spacial score (nSPS) is 30.7. The summed E-state index contributed by atoms with van der Waals surface area (Å²) < 4.78 is 4.56. The Balaban J connectivity index is 1.81. The molecule has 0 bridgehead atoms. The van der Waals surface area contributed by atoms with Gasteiger partial charge in [0.25, 0.3) is 0 Å². The maximum atomic E-state index is 11.0. The van der Waals surface area contributed by atoms with E-state index in [9.17, 15) is 15.0 Å². The molecule has 0 saturated heterocycles. The third-order valence-corrected chi connectivity index (χ3v) is 5.54. The highest BCUT2D eigenvalue weighted by Gasteiger charge is 2.46. The van der Waals surface area contributed by atoms with Gasteiger partial charge in [-0.05, 0) is 37.5 Å². The third kappa shape index (κ3) is 6.09. The molecule has 0 amide bonds. The van der Waals surface area contributed by atoms with Crippen molar-refractivity contribution in [3.63, 3.8) is 0 Å². The molecule has 6 nitrogen and oxygen atoms in total. The molecule has 2 aliphatic carbocycles. The molecule has 0 aromatic rings. The number of oxime groups is 1. The quantitative estimate of drug-likeness (QED) is 0.268. The van der Waals surface area contributed by atoms with Gasteiger partial charge in [-0.15, -0.1) is 0 Å². The van der Waals surface area contributed by atoms with E-state index in [0.29, 0.717) is 11.8 Å². The van der Waals surface area contributed by atoms with Crippen molar-refractivity contribution in [2.45, 2.75) is 70.5 Å². The SMILES string of the molecule is CCCCCC(O)C=C[C@H]1[C@@H]2CC(=NOCCC(=O)OC)C[C@H]2C[C@@H]1O. The first-order valence-corrected chi connectivity index (χ1v) is 9.84. The lowest BCUT2D eigenvalue weighted by atomic mass is 9.90. The molecule has 0 heterocycles. The fourth-order valence-corrected chi connectivity index (χ4v) is 4.11. The van der Waals surface area contributed by atoms with Gasteiger partial charge in [0.15, 0.2) is 0 Å². The Bertz CT molecular complexity index is 504. The number of hydrogen-bond acceptors (Lipinski definition) is 6. The summed E-state index contributed by atoms with van der Waals surface area (Å²) >= 11 is 0. The molecule has 0 aromatic carbocycles. The molecule has 6 heteroatoms. The van der Waals surface area contributed by atoms with Crippen LogP contribution in [-0.2, 0) is 14.4 Å². The summed E-state index contributed by atoms with van der Waals surface area (Å²) in [6.07, 6.45) is 9.79. The zero-order valence-electron chi connectivity index (χ0n) is 16.0. The molecule has 0 aliphatic heterocycles. The van der Waals surface area contributed by atoms with Gasteiger partial charge in [0.05, 0.1) is 31.5 Å². The number of carbonyl (C=O) groups is 1. The summed E-state index contributed by atoms with van der Waals surface area (Å²) in [4.78, 5) is 16.3. The predicted molar refractivity (Wildman–Crippen MR) is 99.6 cm³/mol. The van der Waals surface area contributed by atoms with E-state index in [2.05, 4.69) is 16.8 Å². The molecule has 2 rings (SSSR count). The number of fused-ring (bicyclic) bond motifs is 1. The van der Waals surface area contributed by atoms with Gasteiger partial charge in [0.1, 0.15) is 6.61 Å². The monoisotopic (exact) mass is 367 g/mol. The van der Waals surface area contributed by atoms with Gasteiger partial charge in [0, 0.05) is 5.92 Å². The highest BCUT2D eigenvalue weighted by atomic mass is 16.6. The lowest BCUT2D eigenvalue weighted by Gasteiger charge is -2.17. The summed E-state index contributed by atoms with van der Waals surface area (Å²) in [6.45, 7) is 2.37. The summed E-state index contributed by atoms with van der Waals surface area (Å²) in [6, 6.07) is 0. The Morgan fingerprint density at radius 1 is 1.38 bits per heavy atom. The van der Waals surface area contributed by atoms with E-state index in [0.717, 1.165) is 50.7 Å². The van der Waals surface area contributed by atoms with E-state index < -0.39 is 6.10 Å². The number of aliphatic hydroxyl groups excluding tert-OH is 2. The van der Waals surface area contributed by atoms with Crippen LogP contribution < -0.4 is 0 Å². The van der Waals surface area contributed by atoms with Crippen molar-refractivity contribution in [2.24, 2.45) is 22.9 Å². The van der Waals surface area contributed by atoms with Gasteiger partial charge < -0.3 is 19.8 Å². The standard InChI is InChI=1S/C20H33NO5/c1-3-4-5-6-16(22)7-8-17-18-13-15(11-14(18)12-19(17)23)21-26-10-9-20(24)25-2/h7-8,14,16-19,22-23H,3-6,9-13H2,1-2H3/t14-,16?,17-,18+,19-/m0/s1. The van der Waals surface area contributed by atoms with Crippen LogP contribution in [0.2, 0.25) is 0 Å². The third-order valence-electron chi connectivity index (χ3n) is 5.54. The zero-order valence-corrected chi connectivity index (χ0v) is 16.0. The van der Waals surface area contributed by atoms with Crippen molar-refractivity contribution in [1.82, 2.24) is 0 Å². The molecular weight excluding hydrogens is 334 g/mol. The molecule has 2 fully saturated rings. The number of ether oxygens (including phenoxy) is 1. The Hall–Kier alpha value is -1.40. The highest BCUT2D eigenvalue weighted by Crippen LogP contribution is 2.47. The molecule has 0 radical (unpaired) electrons. The van der Waals surface area contributed by atoms with Gasteiger partial charge in [-0.25, -0.2) is 0 Å².